The van der Waals surface area contributed by atoms with Gasteiger partial charge in [0.15, 0.2) is 0 Å². The van der Waals surface area contributed by atoms with Crippen LogP contribution in [0.5, 0.6) is 0 Å². The summed E-state index contributed by atoms with van der Waals surface area (Å²) in [5.41, 5.74) is 0.224. The van der Waals surface area contributed by atoms with E-state index in [2.05, 4.69) is 5.32 Å². The Hall–Kier alpha value is -2.52. The lowest BCUT2D eigenvalue weighted by Gasteiger charge is -2.22. The van der Waals surface area contributed by atoms with E-state index >= 15 is 0 Å². The summed E-state index contributed by atoms with van der Waals surface area (Å²) in [5.74, 6) is -7.00. The second kappa shape index (κ2) is 7.84. The zero-order chi connectivity index (χ0) is 21.3. The van der Waals surface area contributed by atoms with Crippen molar-refractivity contribution in [3.05, 3.63) is 52.6 Å². The number of hydroxylamine groups is 1. The highest BCUT2D eigenvalue weighted by Gasteiger charge is 2.44. The zero-order valence-corrected chi connectivity index (χ0v) is 16.3. The molecular formula is C18H19ClF3N3O3. The van der Waals surface area contributed by atoms with Gasteiger partial charge in [-0.1, -0.05) is 11.6 Å². The maximum atomic E-state index is 14.5. The van der Waals surface area contributed by atoms with Gasteiger partial charge in [-0.2, -0.15) is 8.78 Å². The quantitative estimate of drug-likeness (QED) is 0.722. The van der Waals surface area contributed by atoms with Crippen LogP contribution in [0, 0.1) is 5.82 Å². The zero-order valence-electron chi connectivity index (χ0n) is 15.6. The Morgan fingerprint density at radius 1 is 1.18 bits per heavy atom. The highest BCUT2D eigenvalue weighted by Crippen LogP contribution is 2.30. The summed E-state index contributed by atoms with van der Waals surface area (Å²) >= 11 is 5.64. The summed E-state index contributed by atoms with van der Waals surface area (Å²) in [6, 6.07) is 4.40. The van der Waals surface area contributed by atoms with Crippen molar-refractivity contribution in [3.63, 3.8) is 0 Å². The van der Waals surface area contributed by atoms with E-state index < -0.39 is 34.8 Å². The standard InChI is InChI=1S/C18H19ClF3N3O3/c1-17(2,3)28-24-16(27)18(21,22)14-7-10(9-25(14)4)15(26)23-11-5-6-13(20)12(19)8-11/h5-9H,1-4H3,(H,23,26)(H,24,27). The molecule has 0 saturated carbocycles. The molecule has 1 aromatic carbocycles. The van der Waals surface area contributed by atoms with Gasteiger partial charge in [0.25, 0.3) is 5.91 Å². The second-order valence-electron chi connectivity index (χ2n) is 7.03. The fraction of sp³-hybridized carbons (Fsp3) is 0.333. The number of anilines is 1. The van der Waals surface area contributed by atoms with E-state index in [0.717, 1.165) is 22.9 Å². The Morgan fingerprint density at radius 2 is 1.82 bits per heavy atom. The number of carbonyl (C=O) groups excluding carboxylic acids is 2. The molecule has 0 aliphatic rings. The molecule has 0 aliphatic carbocycles. The van der Waals surface area contributed by atoms with Crippen LogP contribution in [0.2, 0.25) is 5.02 Å². The predicted octanol–water partition coefficient (Wildman–Crippen LogP) is 4.01. The Balaban J connectivity index is 2.19. The summed E-state index contributed by atoms with van der Waals surface area (Å²) in [6.07, 6.45) is 1.14. The molecule has 0 aliphatic heterocycles. The third-order valence-electron chi connectivity index (χ3n) is 3.50. The average molecular weight is 418 g/mol. The van der Waals surface area contributed by atoms with Crippen molar-refractivity contribution in [2.45, 2.75) is 32.3 Å². The number of hydrogen-bond donors (Lipinski definition) is 2. The van der Waals surface area contributed by atoms with Crippen LogP contribution >= 0.6 is 11.6 Å². The number of alkyl halides is 2. The number of hydrogen-bond acceptors (Lipinski definition) is 3. The lowest BCUT2D eigenvalue weighted by molar-refractivity contribution is -0.171. The Kier molecular flexibility index (Phi) is 6.10. The Labute approximate surface area is 164 Å². The van der Waals surface area contributed by atoms with Crippen LogP contribution in [0.25, 0.3) is 0 Å². The molecule has 2 amide bonds. The minimum Gasteiger partial charge on any atom is -0.348 e. The van der Waals surface area contributed by atoms with Gasteiger partial charge in [0.2, 0.25) is 0 Å². The average Bonchev–Trinajstić information content (AvgIpc) is 2.98. The van der Waals surface area contributed by atoms with Crippen molar-refractivity contribution in [1.29, 1.82) is 0 Å². The summed E-state index contributed by atoms with van der Waals surface area (Å²) in [7, 11) is 1.27. The van der Waals surface area contributed by atoms with Crippen LogP contribution in [-0.4, -0.2) is 22.0 Å². The van der Waals surface area contributed by atoms with Crippen molar-refractivity contribution in [2.24, 2.45) is 7.05 Å². The van der Waals surface area contributed by atoms with Crippen molar-refractivity contribution in [3.8, 4) is 0 Å². The first kappa shape index (κ1) is 21.8. The number of carbonyl (C=O) groups is 2. The number of aromatic nitrogens is 1. The van der Waals surface area contributed by atoms with E-state index in [9.17, 15) is 22.8 Å². The molecule has 0 saturated heterocycles. The molecule has 2 rings (SSSR count). The van der Waals surface area contributed by atoms with E-state index in [4.69, 9.17) is 16.4 Å². The van der Waals surface area contributed by atoms with Gasteiger partial charge in [0.1, 0.15) is 5.82 Å². The van der Waals surface area contributed by atoms with Crippen molar-refractivity contribution >= 4 is 29.1 Å². The molecule has 2 N–H and O–H groups in total. The van der Waals surface area contributed by atoms with Crippen molar-refractivity contribution < 1.29 is 27.6 Å². The van der Waals surface area contributed by atoms with E-state index in [-0.39, 0.29) is 16.3 Å². The molecule has 0 radical (unpaired) electrons. The molecule has 0 bridgehead atoms. The van der Waals surface area contributed by atoms with Gasteiger partial charge in [-0.15, -0.1) is 0 Å². The summed E-state index contributed by atoms with van der Waals surface area (Å²) in [5, 5.41) is 2.22. The molecule has 0 unspecified atom stereocenters. The molecule has 0 spiro atoms. The van der Waals surface area contributed by atoms with Gasteiger partial charge >= 0.3 is 11.8 Å². The Morgan fingerprint density at radius 3 is 2.39 bits per heavy atom. The lowest BCUT2D eigenvalue weighted by Crippen LogP contribution is -2.42. The number of amides is 2. The van der Waals surface area contributed by atoms with Gasteiger partial charge < -0.3 is 9.88 Å². The number of aryl methyl sites for hydroxylation is 1. The Bertz CT molecular complexity index is 907. The van der Waals surface area contributed by atoms with Gasteiger partial charge in [0, 0.05) is 18.9 Å². The minimum absolute atomic E-state index is 0.123. The fourth-order valence-corrected chi connectivity index (χ4v) is 2.34. The topological polar surface area (TPSA) is 72.4 Å². The monoisotopic (exact) mass is 417 g/mol. The molecule has 10 heteroatoms. The molecule has 28 heavy (non-hydrogen) atoms. The number of nitrogens with zero attached hydrogens (tertiary/aromatic N) is 1. The number of halogens is 4. The molecule has 0 atom stereocenters. The molecule has 1 aromatic heterocycles. The third-order valence-corrected chi connectivity index (χ3v) is 3.79. The van der Waals surface area contributed by atoms with Crippen LogP contribution < -0.4 is 10.8 Å². The molecule has 0 fully saturated rings. The van der Waals surface area contributed by atoms with Crippen molar-refractivity contribution in [2.75, 3.05) is 5.32 Å². The largest absolute Gasteiger partial charge is 0.366 e. The van der Waals surface area contributed by atoms with Crippen LogP contribution in [0.3, 0.4) is 0 Å². The molecule has 2 aromatic rings. The van der Waals surface area contributed by atoms with Crippen LogP contribution in [0.4, 0.5) is 18.9 Å². The minimum atomic E-state index is -3.95. The summed E-state index contributed by atoms with van der Waals surface area (Å²) < 4.78 is 43.1. The van der Waals surface area contributed by atoms with Crippen LogP contribution in [-0.2, 0) is 22.6 Å². The lowest BCUT2D eigenvalue weighted by atomic mass is 10.2. The highest BCUT2D eigenvalue weighted by molar-refractivity contribution is 6.31. The number of benzene rings is 1. The van der Waals surface area contributed by atoms with E-state index in [1.54, 1.807) is 26.3 Å². The first-order valence-electron chi connectivity index (χ1n) is 8.11. The van der Waals surface area contributed by atoms with Gasteiger partial charge in [0.05, 0.1) is 21.9 Å². The van der Waals surface area contributed by atoms with Gasteiger partial charge in [-0.3, -0.25) is 14.4 Å². The predicted molar refractivity (Wildman–Crippen MR) is 97.7 cm³/mol. The van der Waals surface area contributed by atoms with Gasteiger partial charge in [-0.05, 0) is 45.0 Å². The normalized spacial score (nSPS) is 12.0. The number of nitrogens with one attached hydrogen (secondary N) is 2. The van der Waals surface area contributed by atoms with Gasteiger partial charge in [-0.25, -0.2) is 9.87 Å². The van der Waals surface area contributed by atoms with Crippen LogP contribution in [0.15, 0.2) is 30.5 Å². The fourth-order valence-electron chi connectivity index (χ4n) is 2.16. The maximum Gasteiger partial charge on any atom is 0.366 e. The molecule has 6 nitrogen and oxygen atoms in total. The van der Waals surface area contributed by atoms with Crippen LogP contribution in [0.1, 0.15) is 36.8 Å². The van der Waals surface area contributed by atoms with E-state index in [1.807, 2.05) is 0 Å². The second-order valence-corrected chi connectivity index (χ2v) is 7.44. The maximum absolute atomic E-state index is 14.5. The highest BCUT2D eigenvalue weighted by atomic mass is 35.5. The molecule has 152 valence electrons. The summed E-state index contributed by atoms with van der Waals surface area (Å²) in [6.45, 7) is 4.74. The third kappa shape index (κ3) is 5.05. The first-order valence-corrected chi connectivity index (χ1v) is 8.48. The SMILES string of the molecule is Cn1cc(C(=O)Nc2ccc(F)c(Cl)c2)cc1C(F)(F)C(=O)NOC(C)(C)C. The number of rotatable bonds is 5. The summed E-state index contributed by atoms with van der Waals surface area (Å²) in [4.78, 5) is 29.0. The van der Waals surface area contributed by atoms with Crippen molar-refractivity contribution in [1.82, 2.24) is 10.0 Å². The first-order chi connectivity index (χ1) is 12.8. The van der Waals surface area contributed by atoms with E-state index in [1.165, 1.54) is 19.2 Å². The molecular weight excluding hydrogens is 399 g/mol. The molecule has 1 heterocycles. The van der Waals surface area contributed by atoms with E-state index in [0.29, 0.717) is 0 Å². The smallest absolute Gasteiger partial charge is 0.348 e.